The predicted octanol–water partition coefficient (Wildman–Crippen LogP) is 2.51. The van der Waals surface area contributed by atoms with Crippen LogP contribution >= 0.6 is 0 Å². The molecule has 1 heterocycles. The second-order valence-electron chi connectivity index (χ2n) is 5.42. The maximum absolute atomic E-state index is 3.48. The van der Waals surface area contributed by atoms with Crippen molar-refractivity contribution in [1.82, 2.24) is 9.80 Å². The van der Waals surface area contributed by atoms with Crippen LogP contribution in [0.15, 0.2) is 30.3 Å². The molecular formula is C16H27N3. The van der Waals surface area contributed by atoms with Gasteiger partial charge in [-0.05, 0) is 38.6 Å². The lowest BCUT2D eigenvalue weighted by atomic mass is 10.2. The third-order valence-corrected chi connectivity index (χ3v) is 4.01. The van der Waals surface area contributed by atoms with Crippen LogP contribution in [0.3, 0.4) is 0 Å². The van der Waals surface area contributed by atoms with Crippen LogP contribution in [0.25, 0.3) is 0 Å². The Morgan fingerprint density at radius 1 is 1.21 bits per heavy atom. The minimum Gasteiger partial charge on any atom is -0.385 e. The van der Waals surface area contributed by atoms with Crippen molar-refractivity contribution in [3.63, 3.8) is 0 Å². The Morgan fingerprint density at radius 3 is 2.68 bits per heavy atom. The van der Waals surface area contributed by atoms with E-state index in [1.54, 1.807) is 0 Å². The zero-order valence-electron chi connectivity index (χ0n) is 12.3. The van der Waals surface area contributed by atoms with Gasteiger partial charge < -0.3 is 10.2 Å². The van der Waals surface area contributed by atoms with E-state index >= 15 is 0 Å². The van der Waals surface area contributed by atoms with E-state index in [1.807, 2.05) is 0 Å². The number of nitrogens with zero attached hydrogens (tertiary/aromatic N) is 2. The number of anilines is 1. The van der Waals surface area contributed by atoms with E-state index in [9.17, 15) is 0 Å². The summed E-state index contributed by atoms with van der Waals surface area (Å²) >= 11 is 0. The van der Waals surface area contributed by atoms with Crippen molar-refractivity contribution in [2.75, 3.05) is 44.6 Å². The van der Waals surface area contributed by atoms with E-state index in [-0.39, 0.29) is 0 Å². The van der Waals surface area contributed by atoms with E-state index in [0.717, 1.165) is 6.54 Å². The molecule has 1 fully saturated rings. The van der Waals surface area contributed by atoms with Crippen LogP contribution in [-0.2, 0) is 0 Å². The maximum atomic E-state index is 3.48. The van der Waals surface area contributed by atoms with Crippen molar-refractivity contribution in [1.29, 1.82) is 0 Å². The summed E-state index contributed by atoms with van der Waals surface area (Å²) in [5.41, 5.74) is 1.23. The minimum absolute atomic E-state index is 0.709. The van der Waals surface area contributed by atoms with Gasteiger partial charge in [0.1, 0.15) is 0 Å². The van der Waals surface area contributed by atoms with Crippen molar-refractivity contribution in [3.8, 4) is 0 Å². The Morgan fingerprint density at radius 2 is 2.00 bits per heavy atom. The fourth-order valence-electron chi connectivity index (χ4n) is 2.83. The van der Waals surface area contributed by atoms with Crippen molar-refractivity contribution in [2.24, 2.45) is 0 Å². The van der Waals surface area contributed by atoms with Crippen LogP contribution in [0.5, 0.6) is 0 Å². The first-order valence-electron chi connectivity index (χ1n) is 7.55. The molecule has 0 spiro atoms. The van der Waals surface area contributed by atoms with E-state index < -0.39 is 0 Å². The fraction of sp³-hybridized carbons (Fsp3) is 0.625. The van der Waals surface area contributed by atoms with Gasteiger partial charge in [-0.15, -0.1) is 0 Å². The molecule has 3 heteroatoms. The summed E-state index contributed by atoms with van der Waals surface area (Å²) in [4.78, 5) is 5.17. The van der Waals surface area contributed by atoms with Crippen molar-refractivity contribution < 1.29 is 0 Å². The van der Waals surface area contributed by atoms with E-state index in [0.29, 0.717) is 6.04 Å². The average Bonchev–Trinajstić information content (AvgIpc) is 2.45. The molecule has 0 amide bonds. The molecule has 3 nitrogen and oxygen atoms in total. The Bertz CT molecular complexity index is 352. The van der Waals surface area contributed by atoms with E-state index in [2.05, 4.69) is 59.3 Å². The molecule has 0 saturated carbocycles. The Hall–Kier alpha value is -1.06. The van der Waals surface area contributed by atoms with Crippen LogP contribution < -0.4 is 5.32 Å². The number of para-hydroxylation sites is 1. The lowest BCUT2D eigenvalue weighted by Gasteiger charge is -2.39. The number of benzene rings is 1. The topological polar surface area (TPSA) is 18.5 Å². The predicted molar refractivity (Wildman–Crippen MR) is 82.7 cm³/mol. The second kappa shape index (κ2) is 7.51. The molecule has 1 aromatic rings. The first-order valence-corrected chi connectivity index (χ1v) is 7.55. The Balaban J connectivity index is 1.61. The standard InChI is InChI=1S/C16H27N3/c1-3-19-13-12-18(14-15(19)2)11-7-10-17-16-8-5-4-6-9-16/h4-6,8-9,15,17H,3,7,10-14H2,1-2H3. The van der Waals surface area contributed by atoms with Gasteiger partial charge in [-0.25, -0.2) is 0 Å². The molecule has 0 aromatic heterocycles. The average molecular weight is 261 g/mol. The summed E-state index contributed by atoms with van der Waals surface area (Å²) in [7, 11) is 0. The molecule has 1 unspecified atom stereocenters. The van der Waals surface area contributed by atoms with Gasteiger partial charge in [-0.2, -0.15) is 0 Å². The van der Waals surface area contributed by atoms with Crippen molar-refractivity contribution >= 4 is 5.69 Å². The number of rotatable bonds is 6. The first kappa shape index (κ1) is 14.4. The zero-order valence-corrected chi connectivity index (χ0v) is 12.3. The molecule has 106 valence electrons. The number of nitrogens with one attached hydrogen (secondary N) is 1. The van der Waals surface area contributed by atoms with Gasteiger partial charge in [0.15, 0.2) is 0 Å². The van der Waals surface area contributed by atoms with Crippen LogP contribution in [-0.4, -0.2) is 55.1 Å². The number of hydrogen-bond donors (Lipinski definition) is 1. The summed E-state index contributed by atoms with van der Waals surface area (Å²) in [5.74, 6) is 0. The van der Waals surface area contributed by atoms with E-state index in [4.69, 9.17) is 0 Å². The summed E-state index contributed by atoms with van der Waals surface area (Å²) in [6.07, 6.45) is 1.22. The third-order valence-electron chi connectivity index (χ3n) is 4.01. The molecule has 2 rings (SSSR count). The van der Waals surface area contributed by atoms with Crippen LogP contribution in [0.2, 0.25) is 0 Å². The van der Waals surface area contributed by atoms with Gasteiger partial charge in [0.2, 0.25) is 0 Å². The number of hydrogen-bond acceptors (Lipinski definition) is 3. The van der Waals surface area contributed by atoms with Gasteiger partial charge in [0.25, 0.3) is 0 Å². The zero-order chi connectivity index (χ0) is 13.5. The molecule has 0 aliphatic carbocycles. The number of likely N-dealkylation sites (N-methyl/N-ethyl adjacent to an activating group) is 1. The molecule has 1 atom stereocenters. The molecule has 1 aromatic carbocycles. The highest BCUT2D eigenvalue weighted by atomic mass is 15.3. The highest BCUT2D eigenvalue weighted by Gasteiger charge is 2.21. The van der Waals surface area contributed by atoms with Crippen molar-refractivity contribution in [2.45, 2.75) is 26.3 Å². The molecule has 0 radical (unpaired) electrons. The van der Waals surface area contributed by atoms with E-state index in [1.165, 1.54) is 44.8 Å². The minimum atomic E-state index is 0.709. The molecular weight excluding hydrogens is 234 g/mol. The quantitative estimate of drug-likeness (QED) is 0.794. The van der Waals surface area contributed by atoms with Crippen LogP contribution in [0, 0.1) is 0 Å². The smallest absolute Gasteiger partial charge is 0.0340 e. The normalized spacial score (nSPS) is 21.5. The molecule has 1 aliphatic heterocycles. The Labute approximate surface area is 117 Å². The lowest BCUT2D eigenvalue weighted by Crippen LogP contribution is -2.51. The van der Waals surface area contributed by atoms with Gasteiger partial charge in [0, 0.05) is 37.9 Å². The molecule has 0 bridgehead atoms. The van der Waals surface area contributed by atoms with Gasteiger partial charge in [-0.3, -0.25) is 4.90 Å². The maximum Gasteiger partial charge on any atom is 0.0340 e. The molecule has 1 N–H and O–H groups in total. The fourth-order valence-corrected chi connectivity index (χ4v) is 2.83. The number of piperazine rings is 1. The molecule has 19 heavy (non-hydrogen) atoms. The largest absolute Gasteiger partial charge is 0.385 e. The van der Waals surface area contributed by atoms with Gasteiger partial charge in [-0.1, -0.05) is 25.1 Å². The van der Waals surface area contributed by atoms with Gasteiger partial charge in [0.05, 0.1) is 0 Å². The van der Waals surface area contributed by atoms with Gasteiger partial charge >= 0.3 is 0 Å². The molecule has 1 saturated heterocycles. The Kier molecular flexibility index (Phi) is 5.67. The highest BCUT2D eigenvalue weighted by molar-refractivity contribution is 5.42. The summed E-state index contributed by atoms with van der Waals surface area (Å²) in [6, 6.07) is 11.2. The SMILES string of the molecule is CCN1CCN(CCCNc2ccccc2)CC1C. The summed E-state index contributed by atoms with van der Waals surface area (Å²) in [5, 5.41) is 3.48. The molecule has 1 aliphatic rings. The van der Waals surface area contributed by atoms with Crippen molar-refractivity contribution in [3.05, 3.63) is 30.3 Å². The van der Waals surface area contributed by atoms with Crippen LogP contribution in [0.4, 0.5) is 5.69 Å². The second-order valence-corrected chi connectivity index (χ2v) is 5.42. The highest BCUT2D eigenvalue weighted by Crippen LogP contribution is 2.09. The monoisotopic (exact) mass is 261 g/mol. The third kappa shape index (κ3) is 4.51. The first-order chi connectivity index (χ1) is 9.29. The summed E-state index contributed by atoms with van der Waals surface area (Å²) < 4.78 is 0. The lowest BCUT2D eigenvalue weighted by molar-refractivity contribution is 0.0880. The summed E-state index contributed by atoms with van der Waals surface area (Å²) in [6.45, 7) is 11.7. The van der Waals surface area contributed by atoms with Crippen LogP contribution in [0.1, 0.15) is 20.3 Å².